The molecule has 1 aliphatic rings. The quantitative estimate of drug-likeness (QED) is 0.908. The summed E-state index contributed by atoms with van der Waals surface area (Å²) in [6, 6.07) is 5.33. The number of hydrogen-bond acceptors (Lipinski definition) is 3. The molecule has 0 saturated carbocycles. The molecule has 2 aromatic rings. The molecule has 114 valence electrons. The third-order valence-electron chi connectivity index (χ3n) is 3.78. The second-order valence-electron chi connectivity index (χ2n) is 5.17. The lowest BCUT2D eigenvalue weighted by molar-refractivity contribution is 0.0954. The average Bonchev–Trinajstić information content (AvgIpc) is 3.05. The smallest absolute Gasteiger partial charge is 0.261 e. The summed E-state index contributed by atoms with van der Waals surface area (Å²) in [5, 5.41) is 6.86. The predicted molar refractivity (Wildman–Crippen MR) is 87.1 cm³/mol. The molecule has 0 radical (unpaired) electrons. The number of fused-ring (bicyclic) bond motifs is 1. The largest absolute Gasteiger partial charge is 0.350 e. The Balaban J connectivity index is 0.00000161. The number of halogens is 2. The highest BCUT2D eigenvalue weighted by molar-refractivity contribution is 7.21. The number of aryl methyl sites for hydroxylation is 1. The molecule has 3 nitrogen and oxygen atoms in total. The van der Waals surface area contributed by atoms with Crippen LogP contribution >= 0.6 is 23.7 Å². The standard InChI is InChI=1S/C15H17FN2OS.ClH/c1-9-13-11(16)5-2-6-12(13)20-14(9)15(19)18-8-10-4-3-7-17-10;/h2,5-6,10,17H,3-4,7-8H2,1H3,(H,18,19);1H. The van der Waals surface area contributed by atoms with E-state index in [1.807, 2.05) is 13.0 Å². The van der Waals surface area contributed by atoms with Gasteiger partial charge in [0.15, 0.2) is 0 Å². The van der Waals surface area contributed by atoms with E-state index in [1.54, 1.807) is 6.07 Å². The summed E-state index contributed by atoms with van der Waals surface area (Å²) in [6.45, 7) is 3.47. The second kappa shape index (κ2) is 6.73. The van der Waals surface area contributed by atoms with E-state index in [-0.39, 0.29) is 24.1 Å². The number of nitrogens with one attached hydrogen (secondary N) is 2. The van der Waals surface area contributed by atoms with Gasteiger partial charge < -0.3 is 10.6 Å². The van der Waals surface area contributed by atoms with E-state index in [1.165, 1.54) is 17.4 Å². The molecule has 1 saturated heterocycles. The van der Waals surface area contributed by atoms with Gasteiger partial charge in [-0.1, -0.05) is 6.07 Å². The number of thiophene rings is 1. The molecule has 0 bridgehead atoms. The fraction of sp³-hybridized carbons (Fsp3) is 0.400. The molecule has 0 spiro atoms. The molecule has 3 rings (SSSR count). The van der Waals surface area contributed by atoms with Gasteiger partial charge in [-0.2, -0.15) is 0 Å². The maximum atomic E-state index is 13.8. The molecule has 1 aliphatic heterocycles. The lowest BCUT2D eigenvalue weighted by Gasteiger charge is -2.11. The van der Waals surface area contributed by atoms with Crippen molar-refractivity contribution >= 4 is 39.7 Å². The van der Waals surface area contributed by atoms with E-state index in [2.05, 4.69) is 10.6 Å². The normalized spacial score (nSPS) is 17.7. The highest BCUT2D eigenvalue weighted by Crippen LogP contribution is 2.32. The SMILES string of the molecule is Cc1c(C(=O)NCC2CCCN2)sc2cccc(F)c12.Cl. The molecule has 1 amide bonds. The van der Waals surface area contributed by atoms with E-state index in [0.29, 0.717) is 22.8 Å². The lowest BCUT2D eigenvalue weighted by atomic mass is 10.1. The van der Waals surface area contributed by atoms with Crippen LogP contribution in [0.25, 0.3) is 10.1 Å². The predicted octanol–water partition coefficient (Wildman–Crippen LogP) is 3.25. The Morgan fingerprint density at radius 2 is 2.33 bits per heavy atom. The van der Waals surface area contributed by atoms with Crippen molar-refractivity contribution in [3.8, 4) is 0 Å². The molecule has 1 fully saturated rings. The topological polar surface area (TPSA) is 41.1 Å². The van der Waals surface area contributed by atoms with Gasteiger partial charge in [-0.3, -0.25) is 4.79 Å². The fourth-order valence-corrected chi connectivity index (χ4v) is 3.84. The van der Waals surface area contributed by atoms with E-state index in [0.717, 1.165) is 29.6 Å². The highest BCUT2D eigenvalue weighted by atomic mass is 35.5. The third kappa shape index (κ3) is 3.20. The van der Waals surface area contributed by atoms with Crippen molar-refractivity contribution in [1.29, 1.82) is 0 Å². The van der Waals surface area contributed by atoms with Crippen molar-refractivity contribution in [3.05, 3.63) is 34.5 Å². The number of amides is 1. The zero-order chi connectivity index (χ0) is 14.1. The summed E-state index contributed by atoms with van der Waals surface area (Å²) in [6.07, 6.45) is 2.26. The first-order valence-electron chi connectivity index (χ1n) is 6.86. The lowest BCUT2D eigenvalue weighted by Crippen LogP contribution is -2.37. The van der Waals surface area contributed by atoms with Crippen LogP contribution in [0.5, 0.6) is 0 Å². The summed E-state index contributed by atoms with van der Waals surface area (Å²) in [5.74, 6) is -0.357. The zero-order valence-corrected chi connectivity index (χ0v) is 13.4. The van der Waals surface area contributed by atoms with Crippen LogP contribution in [0.15, 0.2) is 18.2 Å². The molecule has 2 heterocycles. The van der Waals surface area contributed by atoms with Crippen molar-refractivity contribution in [2.75, 3.05) is 13.1 Å². The first kappa shape index (κ1) is 16.2. The van der Waals surface area contributed by atoms with Crippen molar-refractivity contribution < 1.29 is 9.18 Å². The van der Waals surface area contributed by atoms with Gasteiger partial charge in [0.2, 0.25) is 0 Å². The van der Waals surface area contributed by atoms with Gasteiger partial charge >= 0.3 is 0 Å². The van der Waals surface area contributed by atoms with E-state index in [4.69, 9.17) is 0 Å². The minimum atomic E-state index is -0.257. The number of rotatable bonds is 3. The molecule has 1 unspecified atom stereocenters. The molecule has 2 N–H and O–H groups in total. The maximum Gasteiger partial charge on any atom is 0.261 e. The number of benzene rings is 1. The van der Waals surface area contributed by atoms with Gasteiger partial charge in [-0.25, -0.2) is 4.39 Å². The van der Waals surface area contributed by atoms with E-state index >= 15 is 0 Å². The minimum Gasteiger partial charge on any atom is -0.350 e. The van der Waals surface area contributed by atoms with Gasteiger partial charge in [0.25, 0.3) is 5.91 Å². The molecule has 21 heavy (non-hydrogen) atoms. The van der Waals surface area contributed by atoms with Crippen LogP contribution in [0.4, 0.5) is 4.39 Å². The monoisotopic (exact) mass is 328 g/mol. The molecule has 0 aliphatic carbocycles. The Kier molecular flexibility index (Phi) is 5.19. The molecule has 1 aromatic carbocycles. The van der Waals surface area contributed by atoms with Gasteiger partial charge in [0.1, 0.15) is 5.82 Å². The van der Waals surface area contributed by atoms with Crippen LogP contribution in [-0.4, -0.2) is 25.0 Å². The Hall–Kier alpha value is -1.17. The first-order valence-corrected chi connectivity index (χ1v) is 7.67. The molecular weight excluding hydrogens is 311 g/mol. The van der Waals surface area contributed by atoms with Crippen LogP contribution in [0.2, 0.25) is 0 Å². The summed E-state index contributed by atoms with van der Waals surface area (Å²) < 4.78 is 14.6. The summed E-state index contributed by atoms with van der Waals surface area (Å²) in [7, 11) is 0. The molecule has 1 aromatic heterocycles. The number of carbonyl (C=O) groups excluding carboxylic acids is 1. The van der Waals surface area contributed by atoms with Crippen LogP contribution < -0.4 is 10.6 Å². The van der Waals surface area contributed by atoms with E-state index in [9.17, 15) is 9.18 Å². The van der Waals surface area contributed by atoms with Gasteiger partial charge in [-0.15, -0.1) is 23.7 Å². The van der Waals surface area contributed by atoms with Crippen LogP contribution in [-0.2, 0) is 0 Å². The highest BCUT2D eigenvalue weighted by Gasteiger charge is 2.19. The maximum absolute atomic E-state index is 13.8. The summed E-state index contributed by atoms with van der Waals surface area (Å²) in [5.41, 5.74) is 0.736. The fourth-order valence-electron chi connectivity index (χ4n) is 2.70. The Bertz CT molecular complexity index is 652. The van der Waals surface area contributed by atoms with Crippen molar-refractivity contribution in [1.82, 2.24) is 10.6 Å². The van der Waals surface area contributed by atoms with E-state index < -0.39 is 0 Å². The van der Waals surface area contributed by atoms with Crippen LogP contribution in [0.3, 0.4) is 0 Å². The molecular formula is C15H18ClFN2OS. The first-order chi connectivity index (χ1) is 9.66. The minimum absolute atomic E-state index is 0. The third-order valence-corrected chi connectivity index (χ3v) is 5.04. The van der Waals surface area contributed by atoms with Crippen molar-refractivity contribution in [2.45, 2.75) is 25.8 Å². The van der Waals surface area contributed by atoms with Gasteiger partial charge in [0.05, 0.1) is 4.88 Å². The number of hydrogen-bond donors (Lipinski definition) is 2. The Labute approximate surface area is 133 Å². The zero-order valence-electron chi connectivity index (χ0n) is 11.7. The second-order valence-corrected chi connectivity index (χ2v) is 6.22. The van der Waals surface area contributed by atoms with Crippen molar-refractivity contribution in [3.63, 3.8) is 0 Å². The molecule has 6 heteroatoms. The summed E-state index contributed by atoms with van der Waals surface area (Å²) >= 11 is 1.36. The Morgan fingerprint density at radius 1 is 1.52 bits per heavy atom. The summed E-state index contributed by atoms with van der Waals surface area (Å²) in [4.78, 5) is 12.9. The van der Waals surface area contributed by atoms with Crippen LogP contribution in [0, 0.1) is 12.7 Å². The molecule has 1 atom stereocenters. The van der Waals surface area contributed by atoms with Gasteiger partial charge in [0, 0.05) is 22.7 Å². The number of carbonyl (C=O) groups is 1. The Morgan fingerprint density at radius 3 is 3.00 bits per heavy atom. The average molecular weight is 329 g/mol. The van der Waals surface area contributed by atoms with Gasteiger partial charge in [-0.05, 0) is 44.0 Å². The van der Waals surface area contributed by atoms with Crippen molar-refractivity contribution in [2.24, 2.45) is 0 Å². The van der Waals surface area contributed by atoms with Crippen LogP contribution in [0.1, 0.15) is 28.1 Å².